The van der Waals surface area contributed by atoms with Crippen molar-refractivity contribution in [3.05, 3.63) is 315 Å². The summed E-state index contributed by atoms with van der Waals surface area (Å²) in [6, 6.07) is 117. The van der Waals surface area contributed by atoms with Gasteiger partial charge in [0.05, 0.1) is 38.8 Å². The Morgan fingerprint density at radius 1 is 0.225 bits per heavy atom. The summed E-state index contributed by atoms with van der Waals surface area (Å²) in [6.45, 7) is 0. The molecule has 4 aromatic heterocycles. The van der Waals surface area contributed by atoms with E-state index in [-0.39, 0.29) is 0 Å². The monoisotopic (exact) mass is 1160 g/mol. The predicted molar refractivity (Wildman–Crippen MR) is 374 cm³/mol. The highest BCUT2D eigenvalue weighted by atomic mass is 28.3. The highest BCUT2D eigenvalue weighted by molar-refractivity contribution is 7.22. The number of hydrogen-bond donors (Lipinski definition) is 0. The van der Waals surface area contributed by atoms with E-state index in [0.717, 1.165) is 33.4 Å². The van der Waals surface area contributed by atoms with Gasteiger partial charge < -0.3 is 13.7 Å². The van der Waals surface area contributed by atoms with Crippen LogP contribution in [-0.2, 0) is 0 Å². The summed E-state index contributed by atoms with van der Waals surface area (Å²) in [5.74, 6) is 1.81. The fraction of sp³-hybridized carbons (Fsp3) is 0. The van der Waals surface area contributed by atoms with Gasteiger partial charge in [-0.05, 0) is 90.0 Å². The first-order chi connectivity index (χ1) is 44.2. The zero-order chi connectivity index (χ0) is 58.4. The molecule has 0 bridgehead atoms. The number of rotatable bonds is 8. The Hall–Kier alpha value is -11.3. The second-order valence-electron chi connectivity index (χ2n) is 23.7. The molecule has 2 aliphatic rings. The lowest BCUT2D eigenvalue weighted by Crippen LogP contribution is -2.76. The summed E-state index contributed by atoms with van der Waals surface area (Å²) in [7, 11) is -6.26. The summed E-state index contributed by atoms with van der Waals surface area (Å²) in [5, 5.41) is 18.0. The molecule has 414 valence electrons. The highest BCUT2D eigenvalue weighted by Crippen LogP contribution is 2.40. The fourth-order valence-electron chi connectivity index (χ4n) is 15.9. The van der Waals surface area contributed by atoms with Gasteiger partial charge in [-0.15, -0.1) is 0 Å². The van der Waals surface area contributed by atoms with Crippen LogP contribution in [-0.4, -0.2) is 44.8 Å². The van der Waals surface area contributed by atoms with Gasteiger partial charge in [-0.2, -0.15) is 0 Å². The predicted octanol–water partition coefficient (Wildman–Crippen LogP) is 13.5. The largest absolute Gasteiger partial charge is 0.309 e. The van der Waals surface area contributed by atoms with Crippen LogP contribution in [0.1, 0.15) is 0 Å². The van der Waals surface area contributed by atoms with Crippen molar-refractivity contribution < 1.29 is 0 Å². The molecular formula is C81H52N6Si2. The zero-order valence-electron chi connectivity index (χ0n) is 48.2. The molecule has 89 heavy (non-hydrogen) atoms. The Morgan fingerprint density at radius 3 is 1.02 bits per heavy atom. The number of aromatic nitrogens is 6. The minimum Gasteiger partial charge on any atom is -0.309 e. The maximum atomic E-state index is 5.74. The van der Waals surface area contributed by atoms with Crippen molar-refractivity contribution in [2.24, 2.45) is 0 Å². The molecule has 6 nitrogen and oxygen atoms in total. The third-order valence-corrected chi connectivity index (χ3v) is 29.1. The normalized spacial score (nSPS) is 15.7. The average molecular weight is 1170 g/mol. The third kappa shape index (κ3) is 6.87. The summed E-state index contributed by atoms with van der Waals surface area (Å²) >= 11 is 0. The van der Waals surface area contributed by atoms with Crippen LogP contribution in [0, 0.1) is 0 Å². The van der Waals surface area contributed by atoms with Gasteiger partial charge in [0.15, 0.2) is 33.6 Å². The van der Waals surface area contributed by atoms with Crippen LogP contribution in [0.15, 0.2) is 315 Å². The van der Waals surface area contributed by atoms with Gasteiger partial charge in [0, 0.05) is 60.4 Å². The molecule has 17 aromatic rings. The van der Waals surface area contributed by atoms with Crippen molar-refractivity contribution in [3.63, 3.8) is 0 Å². The Morgan fingerprint density at radius 2 is 0.551 bits per heavy atom. The summed E-state index contributed by atoms with van der Waals surface area (Å²) < 4.78 is 7.43. The van der Waals surface area contributed by atoms with Crippen LogP contribution in [0.4, 0.5) is 0 Å². The van der Waals surface area contributed by atoms with Crippen molar-refractivity contribution in [1.29, 1.82) is 0 Å². The molecule has 2 atom stereocenters. The van der Waals surface area contributed by atoms with Gasteiger partial charge in [0.2, 0.25) is 0 Å². The lowest BCUT2D eigenvalue weighted by molar-refractivity contribution is 1.06. The molecule has 19 rings (SSSR count). The molecule has 0 saturated carbocycles. The first-order valence-electron chi connectivity index (χ1n) is 30.6. The number of fused-ring (bicyclic) bond motifs is 13. The van der Waals surface area contributed by atoms with Gasteiger partial charge in [-0.3, -0.25) is 0 Å². The average Bonchev–Trinajstić information content (AvgIpc) is 1.66. The first-order valence-corrected chi connectivity index (χ1v) is 34.6. The Labute approximate surface area is 515 Å². The third-order valence-electron chi connectivity index (χ3n) is 19.4. The first kappa shape index (κ1) is 49.9. The molecule has 0 fully saturated rings. The van der Waals surface area contributed by atoms with Crippen molar-refractivity contribution >= 4 is 123 Å². The minimum atomic E-state index is -3.13. The molecule has 6 heterocycles. The summed E-state index contributed by atoms with van der Waals surface area (Å²) in [4.78, 5) is 17.2. The SMILES string of the molecule is c1ccc([Si]2(c3cccc(-c4nc(-c5cccc([Si]6(c7ccccc7)c7ccccc7-n7c8ccccc8c8cccc6c87)c5)nc(-c5ccccc5-n5c6ccccc6c6ccccc65)n4)c3)c3ccccc3-n3c4ccccc4c4cccc2c43)cc1. The van der Waals surface area contributed by atoms with Crippen molar-refractivity contribution in [2.45, 2.75) is 0 Å². The van der Waals surface area contributed by atoms with E-state index in [0.29, 0.717) is 17.5 Å². The van der Waals surface area contributed by atoms with Crippen LogP contribution in [0.2, 0.25) is 0 Å². The molecule has 0 amide bonds. The Kier molecular flexibility index (Phi) is 10.7. The number of benzene rings is 13. The molecule has 0 radical (unpaired) electrons. The lowest BCUT2D eigenvalue weighted by atomic mass is 10.1. The molecular weight excluding hydrogens is 1110 g/mol. The molecule has 0 N–H and O–H groups in total. The van der Waals surface area contributed by atoms with E-state index < -0.39 is 16.1 Å². The number of para-hydroxylation sites is 9. The van der Waals surface area contributed by atoms with Gasteiger partial charge in [-0.1, -0.05) is 267 Å². The van der Waals surface area contributed by atoms with E-state index in [1.54, 1.807) is 0 Å². The maximum Gasteiger partial charge on any atom is 0.184 e. The molecule has 0 aliphatic carbocycles. The highest BCUT2D eigenvalue weighted by Gasteiger charge is 2.49. The van der Waals surface area contributed by atoms with Gasteiger partial charge in [0.1, 0.15) is 0 Å². The van der Waals surface area contributed by atoms with E-state index in [1.165, 1.54) is 107 Å². The van der Waals surface area contributed by atoms with Crippen molar-refractivity contribution in [2.75, 3.05) is 0 Å². The standard InChI is InChI=1S/C81H52N6Si2/c1-3-27-55(28-4-1)88(73-47-19-17-45-71(73)86-68-42-14-9-35-61(68)63-38-23-49-75(88)77(63)86)57-31-21-25-53(51-57)79-82-80(84-81(83-79)65-37-11-16-44-70(65)85-66-40-12-7-33-59(66)60-34-8-13-41-67(60)85)54-26-22-32-58(52-54)89(56-29-5-2-6-30-56)74-48-20-18-46-72(74)87-69-43-15-10-36-62(69)64-39-24-50-76(89)78(64)87/h1-52H. The molecule has 2 aliphatic heterocycles. The molecule has 8 heteroatoms. The number of hydrogen-bond acceptors (Lipinski definition) is 3. The Balaban J connectivity index is 0.880. The number of nitrogens with zero attached hydrogens (tertiary/aromatic N) is 6. The van der Waals surface area contributed by atoms with Crippen LogP contribution in [0.3, 0.4) is 0 Å². The van der Waals surface area contributed by atoms with E-state index in [4.69, 9.17) is 15.0 Å². The second-order valence-corrected chi connectivity index (χ2v) is 31.2. The zero-order valence-corrected chi connectivity index (χ0v) is 50.2. The molecule has 0 saturated heterocycles. The molecule has 13 aromatic carbocycles. The summed E-state index contributed by atoms with van der Waals surface area (Å²) in [6.07, 6.45) is 0. The lowest BCUT2D eigenvalue weighted by Gasteiger charge is -2.40. The smallest absolute Gasteiger partial charge is 0.184 e. The van der Waals surface area contributed by atoms with Gasteiger partial charge in [0.25, 0.3) is 0 Å². The quantitative estimate of drug-likeness (QED) is 0.143. The van der Waals surface area contributed by atoms with Gasteiger partial charge in [-0.25, -0.2) is 15.0 Å². The van der Waals surface area contributed by atoms with E-state index in [1.807, 2.05) is 0 Å². The summed E-state index contributed by atoms with van der Waals surface area (Å²) in [5.41, 5.74) is 13.4. The van der Waals surface area contributed by atoms with E-state index in [2.05, 4.69) is 329 Å². The maximum absolute atomic E-state index is 5.74. The van der Waals surface area contributed by atoms with Gasteiger partial charge >= 0.3 is 0 Å². The van der Waals surface area contributed by atoms with E-state index >= 15 is 0 Å². The fourth-order valence-corrected chi connectivity index (χ4v) is 26.2. The second kappa shape index (κ2) is 19.1. The van der Waals surface area contributed by atoms with E-state index in [9.17, 15) is 0 Å². The van der Waals surface area contributed by atoms with Crippen LogP contribution >= 0.6 is 0 Å². The Bertz CT molecular complexity index is 5460. The van der Waals surface area contributed by atoms with Crippen molar-refractivity contribution in [1.82, 2.24) is 28.7 Å². The van der Waals surface area contributed by atoms with Crippen molar-refractivity contribution in [3.8, 4) is 51.2 Å². The van der Waals surface area contributed by atoms with Crippen LogP contribution < -0.4 is 41.5 Å². The molecule has 2 unspecified atom stereocenters. The van der Waals surface area contributed by atoms with Crippen LogP contribution in [0.5, 0.6) is 0 Å². The van der Waals surface area contributed by atoms with Crippen LogP contribution in [0.25, 0.3) is 117 Å². The molecule has 0 spiro atoms. The topological polar surface area (TPSA) is 53.5 Å². The minimum absolute atomic E-state index is 0.595.